The van der Waals surface area contributed by atoms with Gasteiger partial charge in [-0.2, -0.15) is 0 Å². The van der Waals surface area contributed by atoms with E-state index in [0.29, 0.717) is 25.7 Å². The second-order valence-electron chi connectivity index (χ2n) is 7.07. The molecule has 0 saturated heterocycles. The van der Waals surface area contributed by atoms with Crippen LogP contribution in [0.1, 0.15) is 25.1 Å². The van der Waals surface area contributed by atoms with Crippen LogP contribution in [0.5, 0.6) is 0 Å². The van der Waals surface area contributed by atoms with Crippen LogP contribution < -0.4 is 0 Å². The average Bonchev–Trinajstić information content (AvgIpc) is 2.73. The first-order valence-electron chi connectivity index (χ1n) is 9.38. The smallest absolute Gasteiger partial charge is 0.414 e. The van der Waals surface area contributed by atoms with Crippen molar-refractivity contribution in [1.29, 1.82) is 0 Å². The van der Waals surface area contributed by atoms with Crippen LogP contribution in [-0.2, 0) is 27.3 Å². The molecule has 2 aromatic heterocycles. The second kappa shape index (κ2) is 10.4. The minimum absolute atomic E-state index is 0.151. The number of rotatable bonds is 4. The van der Waals surface area contributed by atoms with Crippen LogP contribution in [0.15, 0.2) is 30.9 Å². The lowest BCUT2D eigenvalue weighted by Gasteiger charge is -2.31. The lowest BCUT2D eigenvalue weighted by molar-refractivity contribution is -0.159. The van der Waals surface area contributed by atoms with Gasteiger partial charge >= 0.3 is 11.9 Å². The van der Waals surface area contributed by atoms with E-state index in [1.165, 1.54) is 0 Å². The number of pyridine rings is 1. The van der Waals surface area contributed by atoms with E-state index in [2.05, 4.69) is 33.7 Å². The summed E-state index contributed by atoms with van der Waals surface area (Å²) in [5.74, 6) is -3.50. The SMILES string of the molecule is CC(C)N(C)CC(=O)N1CCc2ncnc(-c3cccnc3)c2C1.O=C(O)C(=O)O. The molecule has 1 amide bonds. The highest BCUT2D eigenvalue weighted by Gasteiger charge is 2.25. The Kier molecular flexibility index (Phi) is 7.93. The summed E-state index contributed by atoms with van der Waals surface area (Å²) in [5.41, 5.74) is 3.91. The quantitative estimate of drug-likeness (QED) is 0.698. The number of fused-ring (bicyclic) bond motifs is 1. The molecule has 0 unspecified atom stereocenters. The molecule has 2 N–H and O–H groups in total. The fourth-order valence-corrected chi connectivity index (χ4v) is 2.80. The molecule has 1 aliphatic rings. The molecule has 30 heavy (non-hydrogen) atoms. The van der Waals surface area contributed by atoms with Crippen LogP contribution in [-0.4, -0.2) is 79.0 Å². The number of hydrogen-bond donors (Lipinski definition) is 2. The molecule has 160 valence electrons. The molecule has 0 aromatic carbocycles. The Morgan fingerprint density at radius 2 is 1.90 bits per heavy atom. The number of amides is 1. The highest BCUT2D eigenvalue weighted by Crippen LogP contribution is 2.26. The Morgan fingerprint density at radius 1 is 1.20 bits per heavy atom. The number of carbonyl (C=O) groups is 3. The van der Waals surface area contributed by atoms with E-state index in [4.69, 9.17) is 19.8 Å². The maximum absolute atomic E-state index is 12.6. The third-order valence-corrected chi connectivity index (χ3v) is 4.74. The fourth-order valence-electron chi connectivity index (χ4n) is 2.80. The maximum Gasteiger partial charge on any atom is 0.414 e. The summed E-state index contributed by atoms with van der Waals surface area (Å²) in [6.45, 7) is 5.88. The first kappa shape index (κ1) is 22.9. The van der Waals surface area contributed by atoms with Crippen LogP contribution in [0.3, 0.4) is 0 Å². The molecule has 0 spiro atoms. The number of carbonyl (C=O) groups excluding carboxylic acids is 1. The molecule has 10 nitrogen and oxygen atoms in total. The van der Waals surface area contributed by atoms with Crippen LogP contribution in [0.4, 0.5) is 0 Å². The van der Waals surface area contributed by atoms with E-state index in [1.807, 2.05) is 24.1 Å². The Labute approximate surface area is 174 Å². The first-order chi connectivity index (χ1) is 14.2. The normalized spacial score (nSPS) is 12.8. The molecule has 0 saturated carbocycles. The number of aliphatic carboxylic acids is 2. The molecule has 0 radical (unpaired) electrons. The summed E-state index contributed by atoms with van der Waals surface area (Å²) in [4.78, 5) is 47.8. The van der Waals surface area contributed by atoms with Gasteiger partial charge in [0.1, 0.15) is 6.33 Å². The molecular formula is C20H25N5O5. The Morgan fingerprint density at radius 3 is 2.47 bits per heavy atom. The number of carboxylic acids is 2. The van der Waals surface area contributed by atoms with E-state index in [1.54, 1.807) is 18.7 Å². The second-order valence-corrected chi connectivity index (χ2v) is 7.07. The number of likely N-dealkylation sites (N-methyl/N-ethyl adjacent to an activating group) is 1. The number of aromatic nitrogens is 3. The van der Waals surface area contributed by atoms with Crippen LogP contribution in [0.25, 0.3) is 11.3 Å². The van der Waals surface area contributed by atoms with Crippen molar-refractivity contribution in [3.63, 3.8) is 0 Å². The standard InChI is InChI=1S/C18H23N5O.C2H2O4/c1-13(2)22(3)11-17(24)23-8-6-16-15(10-23)18(21-12-20-16)14-5-4-7-19-9-14;3-1(4)2(5)6/h4-5,7,9,12-13H,6,8,10-11H2,1-3H3;(H,3,4)(H,5,6). The predicted octanol–water partition coefficient (Wildman–Crippen LogP) is 0.919. The zero-order valence-electron chi connectivity index (χ0n) is 17.1. The van der Waals surface area contributed by atoms with Crippen molar-refractivity contribution in [2.45, 2.75) is 32.9 Å². The summed E-state index contributed by atoms with van der Waals surface area (Å²) < 4.78 is 0. The predicted molar refractivity (Wildman–Crippen MR) is 107 cm³/mol. The number of nitrogens with zero attached hydrogens (tertiary/aromatic N) is 5. The largest absolute Gasteiger partial charge is 0.473 e. The van der Waals surface area contributed by atoms with Crippen molar-refractivity contribution in [1.82, 2.24) is 24.8 Å². The third-order valence-electron chi connectivity index (χ3n) is 4.74. The fraction of sp³-hybridized carbons (Fsp3) is 0.400. The van der Waals surface area contributed by atoms with Gasteiger partial charge in [-0.25, -0.2) is 19.6 Å². The molecule has 0 aliphatic carbocycles. The van der Waals surface area contributed by atoms with Crippen LogP contribution in [0, 0.1) is 0 Å². The van der Waals surface area contributed by atoms with Crippen LogP contribution in [0.2, 0.25) is 0 Å². The molecule has 10 heteroatoms. The minimum atomic E-state index is -1.82. The minimum Gasteiger partial charge on any atom is -0.473 e. The van der Waals surface area contributed by atoms with Gasteiger partial charge in [0.25, 0.3) is 0 Å². The molecule has 3 heterocycles. The molecular weight excluding hydrogens is 390 g/mol. The monoisotopic (exact) mass is 415 g/mol. The Bertz CT molecular complexity index is 892. The van der Waals surface area contributed by atoms with Crippen molar-refractivity contribution in [2.75, 3.05) is 20.1 Å². The lowest BCUT2D eigenvalue weighted by atomic mass is 10.00. The van der Waals surface area contributed by atoms with E-state index in [9.17, 15) is 4.79 Å². The van der Waals surface area contributed by atoms with Gasteiger partial charge in [-0.3, -0.25) is 14.7 Å². The number of carboxylic acid groups (broad SMARTS) is 2. The molecule has 3 rings (SSSR count). The first-order valence-corrected chi connectivity index (χ1v) is 9.38. The van der Waals surface area contributed by atoms with Gasteiger partial charge in [-0.1, -0.05) is 0 Å². The summed E-state index contributed by atoms with van der Waals surface area (Å²) in [7, 11) is 1.98. The molecule has 2 aromatic rings. The van der Waals surface area contributed by atoms with E-state index in [-0.39, 0.29) is 5.91 Å². The lowest BCUT2D eigenvalue weighted by Crippen LogP contribution is -2.43. The van der Waals surface area contributed by atoms with Gasteiger partial charge in [-0.15, -0.1) is 0 Å². The summed E-state index contributed by atoms with van der Waals surface area (Å²) in [6.07, 6.45) is 5.91. The maximum atomic E-state index is 12.6. The molecule has 0 atom stereocenters. The van der Waals surface area contributed by atoms with Crippen molar-refractivity contribution < 1.29 is 24.6 Å². The van der Waals surface area contributed by atoms with Gasteiger partial charge in [0.05, 0.1) is 17.9 Å². The zero-order chi connectivity index (χ0) is 22.3. The Hall–Kier alpha value is -3.40. The average molecular weight is 415 g/mol. The topological polar surface area (TPSA) is 137 Å². The van der Waals surface area contributed by atoms with Gasteiger partial charge in [-0.05, 0) is 33.0 Å². The highest BCUT2D eigenvalue weighted by molar-refractivity contribution is 6.27. The third kappa shape index (κ3) is 6.05. The molecule has 0 fully saturated rings. The van der Waals surface area contributed by atoms with E-state index >= 15 is 0 Å². The van der Waals surface area contributed by atoms with Gasteiger partial charge in [0, 0.05) is 49.1 Å². The zero-order valence-corrected chi connectivity index (χ0v) is 17.1. The molecule has 0 bridgehead atoms. The molecule has 1 aliphatic heterocycles. The van der Waals surface area contributed by atoms with Gasteiger partial charge in [0.15, 0.2) is 0 Å². The van der Waals surface area contributed by atoms with Gasteiger partial charge < -0.3 is 15.1 Å². The summed E-state index contributed by atoms with van der Waals surface area (Å²) >= 11 is 0. The van der Waals surface area contributed by atoms with Crippen molar-refractivity contribution >= 4 is 17.8 Å². The highest BCUT2D eigenvalue weighted by atomic mass is 16.4. The van der Waals surface area contributed by atoms with Crippen LogP contribution >= 0.6 is 0 Å². The van der Waals surface area contributed by atoms with Gasteiger partial charge in [0.2, 0.25) is 5.91 Å². The van der Waals surface area contributed by atoms with Crippen molar-refractivity contribution in [3.8, 4) is 11.3 Å². The summed E-state index contributed by atoms with van der Waals surface area (Å²) in [6, 6.07) is 4.23. The van der Waals surface area contributed by atoms with E-state index < -0.39 is 11.9 Å². The van der Waals surface area contributed by atoms with Crippen molar-refractivity contribution in [2.24, 2.45) is 0 Å². The Balaban J connectivity index is 0.000000469. The van der Waals surface area contributed by atoms with E-state index in [0.717, 1.165) is 28.9 Å². The van der Waals surface area contributed by atoms with Crippen molar-refractivity contribution in [3.05, 3.63) is 42.1 Å². The number of hydrogen-bond acceptors (Lipinski definition) is 7. The summed E-state index contributed by atoms with van der Waals surface area (Å²) in [5, 5.41) is 14.8.